The van der Waals surface area contributed by atoms with E-state index in [0.717, 1.165) is 5.75 Å². The van der Waals surface area contributed by atoms with Crippen molar-refractivity contribution in [1.82, 2.24) is 0 Å². The SMILES string of the molecule is Fc1ccc(OCCSc2ccccc2)cc1Cl. The maximum atomic E-state index is 12.9. The number of hydrogen-bond donors (Lipinski definition) is 0. The van der Waals surface area contributed by atoms with Crippen LogP contribution >= 0.6 is 23.4 Å². The summed E-state index contributed by atoms with van der Waals surface area (Å²) in [6.07, 6.45) is 0. The van der Waals surface area contributed by atoms with Gasteiger partial charge in [0.25, 0.3) is 0 Å². The molecule has 0 amide bonds. The van der Waals surface area contributed by atoms with Crippen molar-refractivity contribution in [2.45, 2.75) is 4.90 Å². The molecule has 0 aliphatic carbocycles. The maximum absolute atomic E-state index is 12.9. The molecule has 4 heteroatoms. The molecule has 0 N–H and O–H groups in total. The Morgan fingerprint density at radius 1 is 1.11 bits per heavy atom. The Morgan fingerprint density at radius 3 is 2.61 bits per heavy atom. The molecule has 0 aliphatic heterocycles. The summed E-state index contributed by atoms with van der Waals surface area (Å²) in [5.74, 6) is 0.997. The van der Waals surface area contributed by atoms with Crippen LogP contribution in [0.3, 0.4) is 0 Å². The fourth-order valence-electron chi connectivity index (χ4n) is 1.40. The van der Waals surface area contributed by atoms with Crippen molar-refractivity contribution in [3.63, 3.8) is 0 Å². The highest BCUT2D eigenvalue weighted by molar-refractivity contribution is 7.99. The van der Waals surface area contributed by atoms with Crippen molar-refractivity contribution < 1.29 is 9.13 Å². The molecule has 1 nitrogen and oxygen atoms in total. The molecular formula is C14H12ClFOS. The van der Waals surface area contributed by atoms with Gasteiger partial charge in [-0.05, 0) is 24.3 Å². The molecule has 0 radical (unpaired) electrons. The van der Waals surface area contributed by atoms with Gasteiger partial charge in [0.1, 0.15) is 11.6 Å². The zero-order valence-electron chi connectivity index (χ0n) is 9.61. The van der Waals surface area contributed by atoms with Gasteiger partial charge in [-0.1, -0.05) is 29.8 Å². The first kappa shape index (κ1) is 13.2. The van der Waals surface area contributed by atoms with Crippen LogP contribution in [0.1, 0.15) is 0 Å². The summed E-state index contributed by atoms with van der Waals surface area (Å²) in [5, 5.41) is 0.0863. The molecule has 2 aromatic rings. The van der Waals surface area contributed by atoms with E-state index in [9.17, 15) is 4.39 Å². The highest BCUT2D eigenvalue weighted by Crippen LogP contribution is 2.22. The Bertz CT molecular complexity index is 504. The van der Waals surface area contributed by atoms with Crippen molar-refractivity contribution in [3.05, 3.63) is 59.4 Å². The fourth-order valence-corrected chi connectivity index (χ4v) is 2.32. The van der Waals surface area contributed by atoms with E-state index in [0.29, 0.717) is 12.4 Å². The van der Waals surface area contributed by atoms with E-state index in [4.69, 9.17) is 16.3 Å². The van der Waals surface area contributed by atoms with E-state index in [1.807, 2.05) is 18.2 Å². The minimum atomic E-state index is -0.428. The summed E-state index contributed by atoms with van der Waals surface area (Å²) >= 11 is 7.38. The van der Waals surface area contributed by atoms with E-state index in [1.165, 1.54) is 17.0 Å². The van der Waals surface area contributed by atoms with Gasteiger partial charge < -0.3 is 4.74 Å². The van der Waals surface area contributed by atoms with E-state index in [2.05, 4.69) is 12.1 Å². The average Bonchev–Trinajstić information content (AvgIpc) is 2.40. The van der Waals surface area contributed by atoms with E-state index < -0.39 is 5.82 Å². The summed E-state index contributed by atoms with van der Waals surface area (Å²) in [6, 6.07) is 14.5. The zero-order valence-corrected chi connectivity index (χ0v) is 11.2. The number of thioether (sulfide) groups is 1. The normalized spacial score (nSPS) is 10.3. The summed E-state index contributed by atoms with van der Waals surface area (Å²) in [6.45, 7) is 0.557. The Labute approximate surface area is 115 Å². The minimum Gasteiger partial charge on any atom is -0.493 e. The maximum Gasteiger partial charge on any atom is 0.142 e. The fraction of sp³-hybridized carbons (Fsp3) is 0.143. The lowest BCUT2D eigenvalue weighted by Gasteiger charge is -2.06. The van der Waals surface area contributed by atoms with Crippen LogP contribution in [0, 0.1) is 5.82 Å². The lowest BCUT2D eigenvalue weighted by molar-refractivity contribution is 0.343. The molecule has 0 saturated carbocycles. The molecule has 0 bridgehead atoms. The molecule has 2 rings (SSSR count). The summed E-state index contributed by atoms with van der Waals surface area (Å²) < 4.78 is 18.4. The summed E-state index contributed by atoms with van der Waals surface area (Å²) in [4.78, 5) is 1.21. The zero-order chi connectivity index (χ0) is 12.8. The van der Waals surface area contributed by atoms with Gasteiger partial charge in [0.05, 0.1) is 11.6 Å². The summed E-state index contributed by atoms with van der Waals surface area (Å²) in [5.41, 5.74) is 0. The van der Waals surface area contributed by atoms with Crippen LogP contribution in [0.15, 0.2) is 53.4 Å². The van der Waals surface area contributed by atoms with E-state index >= 15 is 0 Å². The van der Waals surface area contributed by atoms with Gasteiger partial charge in [-0.2, -0.15) is 0 Å². The Morgan fingerprint density at radius 2 is 1.89 bits per heavy atom. The molecule has 0 heterocycles. The molecule has 18 heavy (non-hydrogen) atoms. The van der Waals surface area contributed by atoms with Gasteiger partial charge in [-0.3, -0.25) is 0 Å². The first-order valence-electron chi connectivity index (χ1n) is 5.51. The van der Waals surface area contributed by atoms with Crippen molar-refractivity contribution in [1.29, 1.82) is 0 Å². The Balaban J connectivity index is 1.77. The van der Waals surface area contributed by atoms with Crippen LogP contribution in [-0.2, 0) is 0 Å². The average molecular weight is 283 g/mol. The third-order valence-corrected chi connectivity index (χ3v) is 3.52. The van der Waals surface area contributed by atoms with Gasteiger partial charge in [0.2, 0.25) is 0 Å². The second-order valence-corrected chi connectivity index (χ2v) is 5.16. The van der Waals surface area contributed by atoms with Crippen LogP contribution in [0.4, 0.5) is 4.39 Å². The van der Waals surface area contributed by atoms with Gasteiger partial charge in [-0.25, -0.2) is 4.39 Å². The summed E-state index contributed by atoms with van der Waals surface area (Å²) in [7, 11) is 0. The number of halogens is 2. The molecule has 0 aromatic heterocycles. The predicted octanol–water partition coefficient (Wildman–Crippen LogP) is 4.65. The number of ether oxygens (including phenoxy) is 1. The van der Waals surface area contributed by atoms with Gasteiger partial charge in [0, 0.05) is 16.7 Å². The Hall–Kier alpha value is -1.19. The monoisotopic (exact) mass is 282 g/mol. The van der Waals surface area contributed by atoms with E-state index in [1.54, 1.807) is 17.8 Å². The second-order valence-electron chi connectivity index (χ2n) is 3.59. The van der Waals surface area contributed by atoms with Crippen LogP contribution < -0.4 is 4.74 Å². The molecule has 0 saturated heterocycles. The van der Waals surface area contributed by atoms with Crippen LogP contribution in [0.25, 0.3) is 0 Å². The van der Waals surface area contributed by atoms with Crippen LogP contribution in [0.5, 0.6) is 5.75 Å². The first-order valence-corrected chi connectivity index (χ1v) is 6.88. The third kappa shape index (κ3) is 3.93. The van der Waals surface area contributed by atoms with Gasteiger partial charge in [0.15, 0.2) is 0 Å². The minimum absolute atomic E-state index is 0.0863. The van der Waals surface area contributed by atoms with Gasteiger partial charge >= 0.3 is 0 Å². The number of rotatable bonds is 5. The van der Waals surface area contributed by atoms with Crippen molar-refractivity contribution in [3.8, 4) is 5.75 Å². The van der Waals surface area contributed by atoms with Crippen LogP contribution in [0.2, 0.25) is 5.02 Å². The lowest BCUT2D eigenvalue weighted by Crippen LogP contribution is -2.00. The predicted molar refractivity (Wildman–Crippen MR) is 74.1 cm³/mol. The lowest BCUT2D eigenvalue weighted by atomic mass is 10.3. The highest BCUT2D eigenvalue weighted by atomic mass is 35.5. The van der Waals surface area contributed by atoms with Crippen LogP contribution in [-0.4, -0.2) is 12.4 Å². The van der Waals surface area contributed by atoms with Crippen molar-refractivity contribution in [2.24, 2.45) is 0 Å². The first-order chi connectivity index (χ1) is 8.75. The van der Waals surface area contributed by atoms with E-state index in [-0.39, 0.29) is 5.02 Å². The van der Waals surface area contributed by atoms with Crippen molar-refractivity contribution >= 4 is 23.4 Å². The number of hydrogen-bond acceptors (Lipinski definition) is 2. The topological polar surface area (TPSA) is 9.23 Å². The standard InChI is InChI=1S/C14H12ClFOS/c15-13-10-11(6-7-14(13)16)17-8-9-18-12-4-2-1-3-5-12/h1-7,10H,8-9H2. The Kier molecular flexibility index (Phi) is 4.90. The molecule has 0 atom stereocenters. The molecular weight excluding hydrogens is 271 g/mol. The molecule has 0 spiro atoms. The molecule has 2 aromatic carbocycles. The molecule has 94 valence electrons. The van der Waals surface area contributed by atoms with Gasteiger partial charge in [-0.15, -0.1) is 11.8 Å². The smallest absolute Gasteiger partial charge is 0.142 e. The quantitative estimate of drug-likeness (QED) is 0.583. The number of benzene rings is 2. The second kappa shape index (κ2) is 6.66. The molecule has 0 aliphatic rings. The molecule has 0 unspecified atom stereocenters. The molecule has 0 fully saturated rings. The van der Waals surface area contributed by atoms with Crippen molar-refractivity contribution in [2.75, 3.05) is 12.4 Å². The highest BCUT2D eigenvalue weighted by Gasteiger charge is 2.01. The largest absolute Gasteiger partial charge is 0.493 e. The third-order valence-electron chi connectivity index (χ3n) is 2.26.